The first kappa shape index (κ1) is 14.9. The molecule has 0 radical (unpaired) electrons. The molecule has 3 heteroatoms. The van der Waals surface area contributed by atoms with Crippen molar-refractivity contribution in [1.29, 1.82) is 0 Å². The fourth-order valence-electron chi connectivity index (χ4n) is 2.97. The van der Waals surface area contributed by atoms with Crippen molar-refractivity contribution in [1.82, 2.24) is 4.90 Å². The molecule has 0 aliphatic carbocycles. The summed E-state index contributed by atoms with van der Waals surface area (Å²) in [5.41, 5.74) is 9.07. The second kappa shape index (κ2) is 6.78. The van der Waals surface area contributed by atoms with E-state index in [4.69, 9.17) is 5.73 Å². The summed E-state index contributed by atoms with van der Waals surface area (Å²) in [7, 11) is 0. The lowest BCUT2D eigenvalue weighted by molar-refractivity contribution is 0.181. The van der Waals surface area contributed by atoms with Gasteiger partial charge in [-0.2, -0.15) is 11.8 Å². The molecule has 1 heterocycles. The van der Waals surface area contributed by atoms with Gasteiger partial charge in [-0.3, -0.25) is 4.90 Å². The van der Waals surface area contributed by atoms with Crippen LogP contribution in [0.4, 0.5) is 0 Å². The van der Waals surface area contributed by atoms with Crippen LogP contribution in [-0.4, -0.2) is 35.0 Å². The molecule has 0 bridgehead atoms. The first-order valence-corrected chi connectivity index (χ1v) is 8.35. The zero-order chi connectivity index (χ0) is 13.8. The number of hydrogen-bond acceptors (Lipinski definition) is 3. The summed E-state index contributed by atoms with van der Waals surface area (Å²) in [6.07, 6.45) is 1.25. The Morgan fingerprint density at radius 3 is 2.79 bits per heavy atom. The number of nitrogens with two attached hydrogens (primary N) is 1. The van der Waals surface area contributed by atoms with Crippen LogP contribution in [0.25, 0.3) is 0 Å². The maximum absolute atomic E-state index is 6.31. The maximum Gasteiger partial charge on any atom is 0.0499 e. The van der Waals surface area contributed by atoms with E-state index in [1.807, 2.05) is 0 Å². The molecule has 1 aliphatic heterocycles. The van der Waals surface area contributed by atoms with Crippen LogP contribution in [0.3, 0.4) is 0 Å². The first-order valence-electron chi connectivity index (χ1n) is 7.30. The third kappa shape index (κ3) is 3.53. The largest absolute Gasteiger partial charge is 0.326 e. The Balaban J connectivity index is 2.23. The Kier molecular flexibility index (Phi) is 5.31. The zero-order valence-electron chi connectivity index (χ0n) is 12.3. The van der Waals surface area contributed by atoms with Gasteiger partial charge in [-0.05, 0) is 31.4 Å². The van der Waals surface area contributed by atoms with Crippen molar-refractivity contribution in [3.8, 4) is 0 Å². The SMILES string of the molecule is CCC1CN(C(c2ccccc2C)C(C)N)CCS1. The van der Waals surface area contributed by atoms with Gasteiger partial charge in [0.15, 0.2) is 0 Å². The molecule has 106 valence electrons. The molecule has 1 aromatic rings. The minimum Gasteiger partial charge on any atom is -0.326 e. The van der Waals surface area contributed by atoms with E-state index in [2.05, 4.69) is 61.7 Å². The molecule has 1 saturated heterocycles. The molecule has 2 nitrogen and oxygen atoms in total. The van der Waals surface area contributed by atoms with Gasteiger partial charge in [0.1, 0.15) is 0 Å². The Bertz CT molecular complexity index is 405. The number of hydrogen-bond donors (Lipinski definition) is 1. The van der Waals surface area contributed by atoms with E-state index in [-0.39, 0.29) is 6.04 Å². The Hall–Kier alpha value is -0.510. The summed E-state index contributed by atoms with van der Waals surface area (Å²) in [4.78, 5) is 2.59. The molecule has 2 N–H and O–H groups in total. The molecule has 1 aromatic carbocycles. The highest BCUT2D eigenvalue weighted by atomic mass is 32.2. The van der Waals surface area contributed by atoms with Crippen molar-refractivity contribution < 1.29 is 0 Å². The Morgan fingerprint density at radius 1 is 1.42 bits per heavy atom. The molecule has 0 saturated carbocycles. The normalized spacial score (nSPS) is 24.1. The quantitative estimate of drug-likeness (QED) is 0.917. The lowest BCUT2D eigenvalue weighted by atomic mass is 9.94. The van der Waals surface area contributed by atoms with Crippen molar-refractivity contribution in [3.05, 3.63) is 35.4 Å². The number of nitrogens with zero attached hydrogens (tertiary/aromatic N) is 1. The molecular weight excluding hydrogens is 252 g/mol. The summed E-state index contributed by atoms with van der Waals surface area (Å²) in [5, 5.41) is 0.763. The van der Waals surface area contributed by atoms with E-state index < -0.39 is 0 Å². The van der Waals surface area contributed by atoms with Crippen LogP contribution in [0.5, 0.6) is 0 Å². The zero-order valence-corrected chi connectivity index (χ0v) is 13.1. The average molecular weight is 278 g/mol. The van der Waals surface area contributed by atoms with Gasteiger partial charge in [0.25, 0.3) is 0 Å². The second-order valence-electron chi connectivity index (χ2n) is 5.56. The first-order chi connectivity index (χ1) is 9.13. The van der Waals surface area contributed by atoms with Gasteiger partial charge in [0.2, 0.25) is 0 Å². The van der Waals surface area contributed by atoms with Gasteiger partial charge in [-0.1, -0.05) is 31.2 Å². The monoisotopic (exact) mass is 278 g/mol. The van der Waals surface area contributed by atoms with E-state index in [1.165, 1.54) is 29.8 Å². The van der Waals surface area contributed by atoms with Crippen LogP contribution < -0.4 is 5.73 Å². The standard InChI is InChI=1S/C16H26N2S/c1-4-14-11-18(9-10-19-14)16(13(3)17)15-8-6-5-7-12(15)2/h5-8,13-14,16H,4,9-11,17H2,1-3H3. The van der Waals surface area contributed by atoms with Gasteiger partial charge >= 0.3 is 0 Å². The third-order valence-corrected chi connectivity index (χ3v) is 5.40. The molecule has 0 spiro atoms. The Morgan fingerprint density at radius 2 is 2.16 bits per heavy atom. The van der Waals surface area contributed by atoms with Crippen LogP contribution in [0.1, 0.15) is 37.4 Å². The van der Waals surface area contributed by atoms with Crippen LogP contribution in [-0.2, 0) is 0 Å². The van der Waals surface area contributed by atoms with E-state index in [9.17, 15) is 0 Å². The van der Waals surface area contributed by atoms with Crippen molar-refractivity contribution >= 4 is 11.8 Å². The summed E-state index contributed by atoms with van der Waals surface area (Å²) in [6.45, 7) is 8.94. The predicted molar refractivity (Wildman–Crippen MR) is 85.7 cm³/mol. The van der Waals surface area contributed by atoms with Crippen LogP contribution in [0.2, 0.25) is 0 Å². The van der Waals surface area contributed by atoms with Gasteiger partial charge < -0.3 is 5.73 Å². The summed E-state index contributed by atoms with van der Waals surface area (Å²) in [5.74, 6) is 1.23. The van der Waals surface area contributed by atoms with Crippen LogP contribution in [0, 0.1) is 6.92 Å². The van der Waals surface area contributed by atoms with Crippen molar-refractivity contribution in [2.45, 2.75) is 44.5 Å². The molecule has 1 aliphatic rings. The van der Waals surface area contributed by atoms with Crippen molar-refractivity contribution in [2.75, 3.05) is 18.8 Å². The number of aryl methyl sites for hydroxylation is 1. The van der Waals surface area contributed by atoms with Crippen LogP contribution in [0.15, 0.2) is 24.3 Å². The highest BCUT2D eigenvalue weighted by molar-refractivity contribution is 8.00. The predicted octanol–water partition coefficient (Wildman–Crippen LogP) is 3.21. The van der Waals surface area contributed by atoms with Crippen LogP contribution >= 0.6 is 11.8 Å². The summed E-state index contributed by atoms with van der Waals surface area (Å²) < 4.78 is 0. The average Bonchev–Trinajstić information content (AvgIpc) is 2.41. The third-order valence-electron chi connectivity index (χ3n) is 4.02. The lowest BCUT2D eigenvalue weighted by Crippen LogP contribution is -2.46. The minimum absolute atomic E-state index is 0.168. The van der Waals surface area contributed by atoms with E-state index >= 15 is 0 Å². The molecular formula is C16H26N2S. The van der Waals surface area contributed by atoms with Crippen molar-refractivity contribution in [2.24, 2.45) is 5.73 Å². The molecule has 3 atom stereocenters. The summed E-state index contributed by atoms with van der Waals surface area (Å²) in [6, 6.07) is 9.20. The Labute approximate surface area is 121 Å². The highest BCUT2D eigenvalue weighted by Gasteiger charge is 2.29. The van der Waals surface area contributed by atoms with Crippen molar-refractivity contribution in [3.63, 3.8) is 0 Å². The molecule has 2 rings (SSSR count). The minimum atomic E-state index is 0.168. The topological polar surface area (TPSA) is 29.3 Å². The number of rotatable bonds is 4. The van der Waals surface area contributed by atoms with E-state index in [0.717, 1.165) is 11.8 Å². The van der Waals surface area contributed by atoms with E-state index in [1.54, 1.807) is 0 Å². The summed E-state index contributed by atoms with van der Waals surface area (Å²) >= 11 is 2.11. The number of benzene rings is 1. The smallest absolute Gasteiger partial charge is 0.0499 e. The highest BCUT2D eigenvalue weighted by Crippen LogP contribution is 2.31. The van der Waals surface area contributed by atoms with Gasteiger partial charge in [-0.25, -0.2) is 0 Å². The lowest BCUT2D eigenvalue weighted by Gasteiger charge is -2.40. The van der Waals surface area contributed by atoms with Gasteiger partial charge in [0, 0.05) is 36.2 Å². The molecule has 0 aromatic heterocycles. The number of thioether (sulfide) groups is 1. The molecule has 3 unspecified atom stereocenters. The fourth-order valence-corrected chi connectivity index (χ4v) is 4.18. The fraction of sp³-hybridized carbons (Fsp3) is 0.625. The molecule has 0 amide bonds. The van der Waals surface area contributed by atoms with Gasteiger partial charge in [0.05, 0.1) is 0 Å². The van der Waals surface area contributed by atoms with E-state index in [0.29, 0.717) is 6.04 Å². The second-order valence-corrected chi connectivity index (χ2v) is 6.96. The maximum atomic E-state index is 6.31. The molecule has 1 fully saturated rings. The van der Waals surface area contributed by atoms with Gasteiger partial charge in [-0.15, -0.1) is 0 Å². The molecule has 19 heavy (non-hydrogen) atoms.